The monoisotopic (exact) mass is 406 g/mol. The first-order valence-electron chi connectivity index (χ1n) is 8.19. The number of rotatable bonds is 6. The Morgan fingerprint density at radius 1 is 1.32 bits per heavy atom. The molecule has 0 aliphatic carbocycles. The maximum absolute atomic E-state index is 13.2. The van der Waals surface area contributed by atoms with E-state index in [0.717, 1.165) is 11.9 Å². The van der Waals surface area contributed by atoms with Crippen LogP contribution in [-0.4, -0.2) is 30.4 Å². The van der Waals surface area contributed by atoms with Crippen molar-refractivity contribution in [2.75, 3.05) is 5.32 Å². The van der Waals surface area contributed by atoms with Crippen LogP contribution in [0.25, 0.3) is 0 Å². The molecule has 0 atom stereocenters. The Morgan fingerprint density at radius 3 is 2.71 bits per heavy atom. The van der Waals surface area contributed by atoms with E-state index in [1.165, 1.54) is 23.7 Å². The number of aryl methyl sites for hydroxylation is 1. The summed E-state index contributed by atoms with van der Waals surface area (Å²) in [5, 5.41) is 21.9. The fourth-order valence-electron chi connectivity index (χ4n) is 2.64. The van der Waals surface area contributed by atoms with Crippen molar-refractivity contribution in [2.45, 2.75) is 26.9 Å². The van der Waals surface area contributed by atoms with Crippen molar-refractivity contribution in [3.8, 4) is 0 Å². The molecule has 2 aromatic heterocycles. The molecule has 3 rings (SSSR count). The summed E-state index contributed by atoms with van der Waals surface area (Å²) in [5.41, 5.74) is 1.59. The third kappa shape index (κ3) is 4.17. The average Bonchev–Trinajstić information content (AvgIpc) is 3.13. The molecule has 2 heterocycles. The summed E-state index contributed by atoms with van der Waals surface area (Å²) in [6.07, 6.45) is 1.11. The Labute approximate surface area is 163 Å². The molecule has 11 heteroatoms. The van der Waals surface area contributed by atoms with Crippen molar-refractivity contribution in [2.24, 2.45) is 0 Å². The highest BCUT2D eigenvalue weighted by molar-refractivity contribution is 6.31. The number of nitrogens with one attached hydrogen (secondary N) is 1. The first-order valence-corrected chi connectivity index (χ1v) is 8.57. The van der Waals surface area contributed by atoms with Gasteiger partial charge >= 0.3 is 5.69 Å². The van der Waals surface area contributed by atoms with E-state index in [1.54, 1.807) is 23.7 Å². The lowest BCUT2D eigenvalue weighted by atomic mass is 10.2. The fraction of sp³-hybridized carbons (Fsp3) is 0.235. The number of aromatic nitrogens is 4. The number of anilines is 1. The van der Waals surface area contributed by atoms with Gasteiger partial charge in [-0.25, -0.2) is 4.39 Å². The van der Waals surface area contributed by atoms with Crippen LogP contribution in [0.5, 0.6) is 0 Å². The summed E-state index contributed by atoms with van der Waals surface area (Å²) in [4.78, 5) is 22.5. The molecule has 0 saturated heterocycles. The van der Waals surface area contributed by atoms with Gasteiger partial charge in [-0.1, -0.05) is 17.7 Å². The van der Waals surface area contributed by atoms with Gasteiger partial charge in [-0.2, -0.15) is 10.2 Å². The van der Waals surface area contributed by atoms with Gasteiger partial charge in [-0.3, -0.25) is 24.3 Å². The van der Waals surface area contributed by atoms with Gasteiger partial charge in [0.05, 0.1) is 11.5 Å². The van der Waals surface area contributed by atoms with Crippen LogP contribution in [0.15, 0.2) is 30.5 Å². The minimum absolute atomic E-state index is 0.149. The molecule has 1 N–H and O–H groups in total. The van der Waals surface area contributed by atoms with E-state index >= 15 is 0 Å². The predicted molar refractivity (Wildman–Crippen MR) is 99.7 cm³/mol. The second-order valence-corrected chi connectivity index (χ2v) is 6.55. The Morgan fingerprint density at radius 2 is 2.07 bits per heavy atom. The molecule has 0 radical (unpaired) electrons. The summed E-state index contributed by atoms with van der Waals surface area (Å²) < 4.78 is 16.0. The van der Waals surface area contributed by atoms with Crippen LogP contribution in [-0.2, 0) is 17.9 Å². The lowest BCUT2D eigenvalue weighted by Crippen LogP contribution is -2.20. The molecule has 0 aliphatic rings. The van der Waals surface area contributed by atoms with Gasteiger partial charge < -0.3 is 5.32 Å². The second-order valence-electron chi connectivity index (χ2n) is 6.14. The number of nitrogens with zero attached hydrogens (tertiary/aromatic N) is 5. The van der Waals surface area contributed by atoms with Crippen LogP contribution < -0.4 is 5.32 Å². The first-order chi connectivity index (χ1) is 13.2. The quantitative estimate of drug-likeness (QED) is 0.500. The third-order valence-corrected chi connectivity index (χ3v) is 4.50. The highest BCUT2D eigenvalue weighted by Crippen LogP contribution is 2.20. The van der Waals surface area contributed by atoms with E-state index in [0.29, 0.717) is 17.9 Å². The number of amides is 1. The average molecular weight is 407 g/mol. The van der Waals surface area contributed by atoms with Crippen molar-refractivity contribution in [1.82, 2.24) is 19.6 Å². The fourth-order valence-corrected chi connectivity index (χ4v) is 2.86. The largest absolute Gasteiger partial charge is 0.309 e. The second kappa shape index (κ2) is 7.77. The summed E-state index contributed by atoms with van der Waals surface area (Å²) >= 11 is 6.04. The van der Waals surface area contributed by atoms with Gasteiger partial charge in [0.15, 0.2) is 5.82 Å². The number of carbonyl (C=O) groups excluding carboxylic acids is 1. The first kappa shape index (κ1) is 19.5. The van der Waals surface area contributed by atoms with E-state index in [2.05, 4.69) is 15.5 Å². The number of halogens is 2. The Kier molecular flexibility index (Phi) is 5.41. The molecule has 0 spiro atoms. The zero-order valence-electron chi connectivity index (χ0n) is 15.0. The molecule has 9 nitrogen and oxygen atoms in total. The third-order valence-electron chi connectivity index (χ3n) is 4.15. The van der Waals surface area contributed by atoms with Crippen molar-refractivity contribution in [1.29, 1.82) is 0 Å². The molecule has 3 aromatic rings. The van der Waals surface area contributed by atoms with Crippen LogP contribution in [0, 0.1) is 29.8 Å². The summed E-state index contributed by atoms with van der Waals surface area (Å²) in [7, 11) is 0. The molecular weight excluding hydrogens is 391 g/mol. The Bertz CT molecular complexity index is 1060. The molecule has 0 unspecified atom stereocenters. The number of nitro groups is 1. The van der Waals surface area contributed by atoms with Crippen molar-refractivity contribution >= 4 is 29.0 Å². The zero-order chi connectivity index (χ0) is 20.4. The van der Waals surface area contributed by atoms with E-state index in [4.69, 9.17) is 11.6 Å². The molecule has 0 aliphatic heterocycles. The normalized spacial score (nSPS) is 10.9. The van der Waals surface area contributed by atoms with Gasteiger partial charge in [-0.05, 0) is 31.5 Å². The zero-order valence-corrected chi connectivity index (χ0v) is 15.8. The Hall–Kier alpha value is -3.27. The maximum atomic E-state index is 13.2. The maximum Gasteiger partial charge on any atom is 0.309 e. The lowest BCUT2D eigenvalue weighted by molar-refractivity contribution is -0.385. The van der Waals surface area contributed by atoms with Crippen LogP contribution >= 0.6 is 11.6 Å². The summed E-state index contributed by atoms with van der Waals surface area (Å²) in [6.45, 7) is 3.45. The van der Waals surface area contributed by atoms with Crippen LogP contribution in [0.2, 0.25) is 5.02 Å². The molecule has 1 aromatic carbocycles. The molecule has 146 valence electrons. The van der Waals surface area contributed by atoms with Gasteiger partial charge in [0.25, 0.3) is 0 Å². The number of hydrogen-bond donors (Lipinski definition) is 1. The van der Waals surface area contributed by atoms with Crippen molar-refractivity contribution in [3.05, 3.63) is 68.4 Å². The minimum Gasteiger partial charge on any atom is -0.308 e. The van der Waals surface area contributed by atoms with Crippen LogP contribution in [0.3, 0.4) is 0 Å². The summed E-state index contributed by atoms with van der Waals surface area (Å²) in [5.74, 6) is -0.529. The molecule has 0 bridgehead atoms. The molecular formula is C17H16ClFN6O3. The van der Waals surface area contributed by atoms with E-state index in [1.807, 2.05) is 0 Å². The van der Waals surface area contributed by atoms with Gasteiger partial charge in [0.2, 0.25) is 5.91 Å². The topological polar surface area (TPSA) is 108 Å². The number of benzene rings is 1. The van der Waals surface area contributed by atoms with E-state index in [-0.39, 0.29) is 22.9 Å². The van der Waals surface area contributed by atoms with Gasteiger partial charge in [-0.15, -0.1) is 0 Å². The minimum atomic E-state index is -0.553. The van der Waals surface area contributed by atoms with Crippen LogP contribution in [0.1, 0.15) is 17.0 Å². The van der Waals surface area contributed by atoms with Crippen LogP contribution in [0.4, 0.5) is 15.9 Å². The highest BCUT2D eigenvalue weighted by atomic mass is 35.5. The Balaban J connectivity index is 1.69. The molecule has 1 amide bonds. The smallest absolute Gasteiger partial charge is 0.308 e. The SMILES string of the molecule is Cc1cc(NC(=O)Cn2ncc([N+](=O)[O-])c2C)nn1Cc1ccc(F)cc1Cl. The standard InChI is InChI=1S/C17H16ClFN6O3/c1-10-5-16(22-23(10)8-12-3-4-13(19)6-14(12)18)21-17(26)9-24-11(2)15(7-20-24)25(27)28/h3-7H,8-9H2,1-2H3,(H,21,22,26). The molecule has 28 heavy (non-hydrogen) atoms. The van der Waals surface area contributed by atoms with Crippen molar-refractivity contribution < 1.29 is 14.1 Å². The number of hydrogen-bond acceptors (Lipinski definition) is 5. The van der Waals surface area contributed by atoms with Gasteiger partial charge in [0, 0.05) is 16.8 Å². The summed E-state index contributed by atoms with van der Waals surface area (Å²) in [6, 6.07) is 5.79. The highest BCUT2D eigenvalue weighted by Gasteiger charge is 2.18. The van der Waals surface area contributed by atoms with E-state index < -0.39 is 16.6 Å². The molecule has 0 saturated carbocycles. The predicted octanol–water partition coefficient (Wildman–Crippen LogP) is 3.08. The van der Waals surface area contributed by atoms with Gasteiger partial charge in [0.1, 0.15) is 24.3 Å². The lowest BCUT2D eigenvalue weighted by Gasteiger charge is -2.07. The molecule has 0 fully saturated rings. The van der Waals surface area contributed by atoms with Crippen molar-refractivity contribution in [3.63, 3.8) is 0 Å². The van der Waals surface area contributed by atoms with E-state index in [9.17, 15) is 19.3 Å². The number of carbonyl (C=O) groups is 1.